The number of ether oxygens (including phenoxy) is 1. The summed E-state index contributed by atoms with van der Waals surface area (Å²) in [5.41, 5.74) is 9.70. The van der Waals surface area contributed by atoms with E-state index in [1.54, 1.807) is 0 Å². The maximum atomic E-state index is 5.99. The molecule has 0 saturated carbocycles. The molecule has 0 aliphatic carbocycles. The molecular weight excluding hydrogens is 236 g/mol. The molecule has 0 bridgehead atoms. The molecule has 0 saturated heterocycles. The van der Waals surface area contributed by atoms with Gasteiger partial charge in [-0.15, -0.1) is 0 Å². The van der Waals surface area contributed by atoms with E-state index < -0.39 is 0 Å². The maximum absolute atomic E-state index is 5.99. The van der Waals surface area contributed by atoms with Crippen molar-refractivity contribution in [3.63, 3.8) is 0 Å². The van der Waals surface area contributed by atoms with Crippen LogP contribution in [0.15, 0.2) is 42.5 Å². The predicted octanol–water partition coefficient (Wildman–Crippen LogP) is 4.11. The molecule has 0 aromatic heterocycles. The van der Waals surface area contributed by atoms with Crippen LogP contribution < -0.4 is 15.8 Å². The highest BCUT2D eigenvalue weighted by molar-refractivity contribution is 5.75. The monoisotopic (exact) mass is 256 g/mol. The Morgan fingerprint density at radius 2 is 1.79 bits per heavy atom. The van der Waals surface area contributed by atoms with E-state index in [0.717, 1.165) is 22.8 Å². The molecule has 0 radical (unpaired) electrons. The Kier molecular flexibility index (Phi) is 3.95. The van der Waals surface area contributed by atoms with Gasteiger partial charge < -0.3 is 15.8 Å². The third kappa shape index (κ3) is 3.41. The second-order valence-corrected chi connectivity index (χ2v) is 4.88. The van der Waals surface area contributed by atoms with E-state index in [1.165, 1.54) is 5.56 Å². The SMILES string of the molecule is Cc1ccc(N)c(Nc2ccccc2OC(C)C)c1. The lowest BCUT2D eigenvalue weighted by Crippen LogP contribution is -2.07. The number of anilines is 3. The van der Waals surface area contributed by atoms with Gasteiger partial charge in [0.05, 0.1) is 23.2 Å². The smallest absolute Gasteiger partial charge is 0.143 e. The minimum absolute atomic E-state index is 0.137. The lowest BCUT2D eigenvalue weighted by molar-refractivity contribution is 0.244. The number of para-hydroxylation sites is 2. The van der Waals surface area contributed by atoms with E-state index in [2.05, 4.69) is 5.32 Å². The van der Waals surface area contributed by atoms with Gasteiger partial charge in [0, 0.05) is 0 Å². The largest absolute Gasteiger partial charge is 0.489 e. The molecule has 0 unspecified atom stereocenters. The summed E-state index contributed by atoms with van der Waals surface area (Å²) in [6, 6.07) is 13.8. The van der Waals surface area contributed by atoms with Gasteiger partial charge >= 0.3 is 0 Å². The topological polar surface area (TPSA) is 47.3 Å². The maximum Gasteiger partial charge on any atom is 0.143 e. The third-order valence-corrected chi connectivity index (χ3v) is 2.73. The van der Waals surface area contributed by atoms with Crippen molar-refractivity contribution in [1.82, 2.24) is 0 Å². The summed E-state index contributed by atoms with van der Waals surface area (Å²) >= 11 is 0. The van der Waals surface area contributed by atoms with Crippen LogP contribution in [0.4, 0.5) is 17.1 Å². The van der Waals surface area contributed by atoms with Crippen molar-refractivity contribution in [2.24, 2.45) is 0 Å². The van der Waals surface area contributed by atoms with Crippen LogP contribution in [-0.2, 0) is 0 Å². The Bertz CT molecular complexity index is 564. The van der Waals surface area contributed by atoms with Crippen LogP contribution in [0.25, 0.3) is 0 Å². The summed E-state index contributed by atoms with van der Waals surface area (Å²) in [6.45, 7) is 6.07. The van der Waals surface area contributed by atoms with E-state index in [-0.39, 0.29) is 6.10 Å². The van der Waals surface area contributed by atoms with Crippen molar-refractivity contribution < 1.29 is 4.74 Å². The van der Waals surface area contributed by atoms with Crippen LogP contribution >= 0.6 is 0 Å². The van der Waals surface area contributed by atoms with Crippen LogP contribution in [0.3, 0.4) is 0 Å². The van der Waals surface area contributed by atoms with E-state index in [1.807, 2.05) is 63.2 Å². The van der Waals surface area contributed by atoms with Crippen molar-refractivity contribution >= 4 is 17.1 Å². The molecule has 0 amide bonds. The molecule has 2 rings (SSSR count). The molecule has 2 aromatic carbocycles. The molecular formula is C16H20N2O. The van der Waals surface area contributed by atoms with Crippen LogP contribution in [0.1, 0.15) is 19.4 Å². The van der Waals surface area contributed by atoms with Crippen molar-refractivity contribution in [1.29, 1.82) is 0 Å². The zero-order chi connectivity index (χ0) is 13.8. The molecule has 0 aliphatic heterocycles. The quantitative estimate of drug-likeness (QED) is 0.809. The van der Waals surface area contributed by atoms with E-state index in [4.69, 9.17) is 10.5 Å². The van der Waals surface area contributed by atoms with Crippen molar-refractivity contribution in [3.05, 3.63) is 48.0 Å². The number of nitrogens with two attached hydrogens (primary N) is 1. The zero-order valence-corrected chi connectivity index (χ0v) is 11.6. The Hall–Kier alpha value is -2.16. The van der Waals surface area contributed by atoms with Gasteiger partial charge in [-0.05, 0) is 50.6 Å². The normalized spacial score (nSPS) is 10.5. The number of rotatable bonds is 4. The fraction of sp³-hybridized carbons (Fsp3) is 0.250. The van der Waals surface area contributed by atoms with Crippen LogP contribution in [0.5, 0.6) is 5.75 Å². The van der Waals surface area contributed by atoms with Gasteiger partial charge in [-0.25, -0.2) is 0 Å². The fourth-order valence-corrected chi connectivity index (χ4v) is 1.85. The number of hydrogen-bond donors (Lipinski definition) is 2. The van der Waals surface area contributed by atoms with Crippen LogP contribution in [0.2, 0.25) is 0 Å². The van der Waals surface area contributed by atoms with Gasteiger partial charge in [0.2, 0.25) is 0 Å². The first kappa shape index (κ1) is 13.3. The number of aryl methyl sites for hydroxylation is 1. The molecule has 3 N–H and O–H groups in total. The first-order valence-electron chi connectivity index (χ1n) is 6.45. The van der Waals surface area contributed by atoms with Gasteiger partial charge in [-0.2, -0.15) is 0 Å². The van der Waals surface area contributed by atoms with E-state index in [9.17, 15) is 0 Å². The van der Waals surface area contributed by atoms with Gasteiger partial charge in [-0.1, -0.05) is 18.2 Å². The summed E-state index contributed by atoms with van der Waals surface area (Å²) in [4.78, 5) is 0. The van der Waals surface area contributed by atoms with Crippen LogP contribution in [0, 0.1) is 6.92 Å². The average molecular weight is 256 g/mol. The summed E-state index contributed by atoms with van der Waals surface area (Å²) in [6.07, 6.45) is 0.137. The second kappa shape index (κ2) is 5.65. The Morgan fingerprint density at radius 3 is 2.53 bits per heavy atom. The summed E-state index contributed by atoms with van der Waals surface area (Å²) < 4.78 is 5.78. The average Bonchev–Trinajstić information content (AvgIpc) is 2.35. The Labute approximate surface area is 114 Å². The van der Waals surface area contributed by atoms with Crippen molar-refractivity contribution in [3.8, 4) is 5.75 Å². The predicted molar refractivity (Wildman–Crippen MR) is 81.1 cm³/mol. The molecule has 3 nitrogen and oxygen atoms in total. The molecule has 0 fully saturated rings. The molecule has 19 heavy (non-hydrogen) atoms. The van der Waals surface area contributed by atoms with Crippen molar-refractivity contribution in [2.75, 3.05) is 11.1 Å². The number of nitrogens with one attached hydrogen (secondary N) is 1. The second-order valence-electron chi connectivity index (χ2n) is 4.88. The van der Waals surface area contributed by atoms with E-state index >= 15 is 0 Å². The minimum atomic E-state index is 0.137. The minimum Gasteiger partial charge on any atom is -0.489 e. The lowest BCUT2D eigenvalue weighted by atomic mass is 10.2. The number of hydrogen-bond acceptors (Lipinski definition) is 3. The Morgan fingerprint density at radius 1 is 1.05 bits per heavy atom. The molecule has 0 spiro atoms. The summed E-state index contributed by atoms with van der Waals surface area (Å²) in [7, 11) is 0. The zero-order valence-electron chi connectivity index (χ0n) is 11.6. The molecule has 2 aromatic rings. The highest BCUT2D eigenvalue weighted by atomic mass is 16.5. The molecule has 3 heteroatoms. The number of benzene rings is 2. The van der Waals surface area contributed by atoms with Gasteiger partial charge in [-0.3, -0.25) is 0 Å². The highest BCUT2D eigenvalue weighted by Gasteiger charge is 2.07. The highest BCUT2D eigenvalue weighted by Crippen LogP contribution is 2.31. The fourth-order valence-electron chi connectivity index (χ4n) is 1.85. The van der Waals surface area contributed by atoms with Crippen molar-refractivity contribution in [2.45, 2.75) is 26.9 Å². The lowest BCUT2D eigenvalue weighted by Gasteiger charge is -2.16. The summed E-state index contributed by atoms with van der Waals surface area (Å²) in [5.74, 6) is 0.832. The van der Waals surface area contributed by atoms with Gasteiger partial charge in [0.1, 0.15) is 5.75 Å². The summed E-state index contributed by atoms with van der Waals surface area (Å²) in [5, 5.41) is 3.34. The van der Waals surface area contributed by atoms with Gasteiger partial charge in [0.25, 0.3) is 0 Å². The Balaban J connectivity index is 2.30. The first-order chi connectivity index (χ1) is 9.06. The molecule has 100 valence electrons. The van der Waals surface area contributed by atoms with Gasteiger partial charge in [0.15, 0.2) is 0 Å². The van der Waals surface area contributed by atoms with E-state index in [0.29, 0.717) is 0 Å². The molecule has 0 aliphatic rings. The first-order valence-corrected chi connectivity index (χ1v) is 6.45. The third-order valence-electron chi connectivity index (χ3n) is 2.73. The standard InChI is InChI=1S/C16H20N2O/c1-11(2)19-16-7-5-4-6-14(16)18-15-10-12(3)8-9-13(15)17/h4-11,18H,17H2,1-3H3. The molecule has 0 atom stereocenters. The number of nitrogen functional groups attached to an aromatic ring is 1. The van der Waals surface area contributed by atoms with Crippen LogP contribution in [-0.4, -0.2) is 6.10 Å². The molecule has 0 heterocycles.